The van der Waals surface area contributed by atoms with Crippen LogP contribution in [0.2, 0.25) is 0 Å². The van der Waals surface area contributed by atoms with E-state index in [2.05, 4.69) is 15.0 Å². The predicted molar refractivity (Wildman–Crippen MR) is 143 cm³/mol. The van der Waals surface area contributed by atoms with Gasteiger partial charge in [0, 0.05) is 19.2 Å². The number of hydrogen-bond donors (Lipinski definition) is 3. The van der Waals surface area contributed by atoms with E-state index in [0.29, 0.717) is 5.75 Å². The van der Waals surface area contributed by atoms with E-state index < -0.39 is 21.5 Å². The van der Waals surface area contributed by atoms with E-state index in [1.165, 1.54) is 31.4 Å². The van der Waals surface area contributed by atoms with Crippen molar-refractivity contribution in [1.82, 2.24) is 9.29 Å². The number of ether oxygens (including phenoxy) is 3. The highest BCUT2D eigenvalue weighted by Crippen LogP contribution is 2.33. The largest absolute Gasteiger partial charge is 0.497 e. The lowest BCUT2D eigenvalue weighted by Crippen LogP contribution is -2.26. The molecule has 0 aliphatic carbocycles. The number of nitrogens with zero attached hydrogens (tertiary/aromatic N) is 4. The summed E-state index contributed by atoms with van der Waals surface area (Å²) in [6, 6.07) is 14.3. The van der Waals surface area contributed by atoms with Crippen LogP contribution < -0.4 is 15.0 Å². The van der Waals surface area contributed by atoms with E-state index in [-0.39, 0.29) is 66.9 Å². The fourth-order valence-electron chi connectivity index (χ4n) is 3.58. The van der Waals surface area contributed by atoms with Crippen LogP contribution in [0.3, 0.4) is 0 Å². The molecule has 1 aromatic heterocycles. The van der Waals surface area contributed by atoms with Crippen LogP contribution in [-0.2, 0) is 39.2 Å². The molecule has 0 fully saturated rings. The number of rotatable bonds is 14. The number of hydrogen-bond acceptors (Lipinski definition) is 11. The molecule has 14 heteroatoms. The molecule has 3 N–H and O–H groups in total. The monoisotopic (exact) mass is 571 g/mol. The lowest BCUT2D eigenvalue weighted by atomic mass is 10.1. The minimum Gasteiger partial charge on any atom is -0.497 e. The highest BCUT2D eigenvalue weighted by Gasteiger charge is 2.22. The molecule has 0 radical (unpaired) electrons. The number of aliphatic hydroxyl groups is 1. The molecule has 0 atom stereocenters. The second-order valence-electron chi connectivity index (χ2n) is 8.23. The van der Waals surface area contributed by atoms with Crippen LogP contribution in [0.25, 0.3) is 0 Å². The van der Waals surface area contributed by atoms with Crippen molar-refractivity contribution in [1.29, 1.82) is 5.26 Å². The van der Waals surface area contributed by atoms with Crippen LogP contribution in [0.4, 0.5) is 11.4 Å². The number of sulfonamides is 1. The Morgan fingerprint density at radius 3 is 2.35 bits per heavy atom. The summed E-state index contributed by atoms with van der Waals surface area (Å²) >= 11 is 0. The molecule has 3 aromatic rings. The maximum atomic E-state index is 12.8. The second-order valence-corrected chi connectivity index (χ2v) is 10.00. The van der Waals surface area contributed by atoms with Gasteiger partial charge in [-0.25, -0.2) is 13.1 Å². The number of azo groups is 1. The summed E-state index contributed by atoms with van der Waals surface area (Å²) in [6.07, 6.45) is 0. The van der Waals surface area contributed by atoms with Crippen molar-refractivity contribution in [3.05, 3.63) is 75.6 Å². The van der Waals surface area contributed by atoms with Crippen molar-refractivity contribution in [2.75, 3.05) is 34.0 Å². The first kappa shape index (κ1) is 30.4. The van der Waals surface area contributed by atoms with Gasteiger partial charge in [-0.05, 0) is 42.0 Å². The average Bonchev–Trinajstić information content (AvgIpc) is 2.96. The Labute approximate surface area is 231 Å². The molecule has 13 nitrogen and oxygen atoms in total. The predicted octanol–water partition coefficient (Wildman–Crippen LogP) is 2.48. The Morgan fingerprint density at radius 1 is 1.05 bits per heavy atom. The van der Waals surface area contributed by atoms with Gasteiger partial charge in [-0.2, -0.15) is 10.4 Å². The Bertz CT molecular complexity index is 1530. The van der Waals surface area contributed by atoms with Crippen molar-refractivity contribution >= 4 is 21.4 Å². The Morgan fingerprint density at radius 2 is 1.75 bits per heavy atom. The molecule has 3 rings (SSSR count). The van der Waals surface area contributed by atoms with Crippen molar-refractivity contribution < 1.29 is 32.8 Å². The standard InChI is InChI=1S/C26H29N5O8S/c1-37-17-23-22(15-27)25(33)31(11-13-39-14-12-32)26(34)24(23)30-29-19-5-9-21(10-6-19)40(35,36)28-16-18-3-7-20(38-2)8-4-18/h3-10,28,32,34H,11-14,16-17H2,1-2H3/b30-29+. The van der Waals surface area contributed by atoms with Crippen LogP contribution in [0, 0.1) is 11.3 Å². The van der Waals surface area contributed by atoms with Gasteiger partial charge < -0.3 is 24.4 Å². The topological polar surface area (TPSA) is 185 Å². The van der Waals surface area contributed by atoms with E-state index in [1.807, 2.05) is 6.07 Å². The number of benzene rings is 2. The Balaban J connectivity index is 1.84. The fraction of sp³-hybridized carbons (Fsp3) is 0.308. The molecule has 212 valence electrons. The molecule has 0 spiro atoms. The normalized spacial score (nSPS) is 11.6. The summed E-state index contributed by atoms with van der Waals surface area (Å²) in [4.78, 5) is 12.8. The number of aromatic nitrogens is 1. The summed E-state index contributed by atoms with van der Waals surface area (Å²) < 4.78 is 44.3. The van der Waals surface area contributed by atoms with Crippen molar-refractivity contribution in [3.63, 3.8) is 0 Å². The quantitative estimate of drug-likeness (QED) is 0.193. The van der Waals surface area contributed by atoms with Crippen LogP contribution in [0.1, 0.15) is 16.7 Å². The molecular formula is C26H29N5O8S. The summed E-state index contributed by atoms with van der Waals surface area (Å²) in [6.45, 7) is -0.407. The number of nitrogens with one attached hydrogen (secondary N) is 1. The SMILES string of the molecule is COCc1c(/N=N/c2ccc(S(=O)(=O)NCc3ccc(OC)cc3)cc2)c(O)n(CCOCCO)c(=O)c1C#N. The zero-order valence-corrected chi connectivity index (χ0v) is 22.7. The highest BCUT2D eigenvalue weighted by molar-refractivity contribution is 7.89. The van der Waals surface area contributed by atoms with Crippen LogP contribution >= 0.6 is 0 Å². The minimum absolute atomic E-state index is 0.00563. The number of aliphatic hydroxyl groups excluding tert-OH is 1. The lowest BCUT2D eigenvalue weighted by molar-refractivity contribution is 0.0853. The van der Waals surface area contributed by atoms with Gasteiger partial charge in [0.05, 0.1) is 50.7 Å². The maximum Gasteiger partial charge on any atom is 0.271 e. The van der Waals surface area contributed by atoms with Gasteiger partial charge in [0.2, 0.25) is 15.9 Å². The van der Waals surface area contributed by atoms with Crippen LogP contribution in [-0.4, -0.2) is 57.2 Å². The summed E-state index contributed by atoms with van der Waals surface area (Å²) in [5, 5.41) is 37.4. The zero-order valence-electron chi connectivity index (χ0n) is 21.9. The van der Waals surface area contributed by atoms with Gasteiger partial charge in [0.15, 0.2) is 5.69 Å². The molecule has 0 saturated heterocycles. The van der Waals surface area contributed by atoms with Gasteiger partial charge >= 0.3 is 0 Å². The molecule has 1 heterocycles. The van der Waals surface area contributed by atoms with Gasteiger partial charge in [0.1, 0.15) is 17.4 Å². The summed E-state index contributed by atoms with van der Waals surface area (Å²) in [5.74, 6) is 0.114. The van der Waals surface area contributed by atoms with E-state index in [9.17, 15) is 23.6 Å². The number of aromatic hydroxyl groups is 1. The average molecular weight is 572 g/mol. The molecule has 0 unspecified atom stereocenters. The van der Waals surface area contributed by atoms with E-state index >= 15 is 0 Å². The number of pyridine rings is 1. The van der Waals surface area contributed by atoms with Crippen molar-refractivity contribution in [3.8, 4) is 17.7 Å². The summed E-state index contributed by atoms with van der Waals surface area (Å²) in [5.41, 5.74) is -0.141. The smallest absolute Gasteiger partial charge is 0.271 e. The second kappa shape index (κ2) is 14.3. The minimum atomic E-state index is -3.82. The first-order valence-electron chi connectivity index (χ1n) is 12.0. The van der Waals surface area contributed by atoms with Gasteiger partial charge in [-0.3, -0.25) is 9.36 Å². The van der Waals surface area contributed by atoms with Gasteiger partial charge in [0.25, 0.3) is 5.56 Å². The number of methoxy groups -OCH3 is 2. The molecule has 0 saturated carbocycles. The maximum absolute atomic E-state index is 12.8. The third-order valence-corrected chi connectivity index (χ3v) is 7.06. The first-order valence-corrected chi connectivity index (χ1v) is 13.4. The van der Waals surface area contributed by atoms with E-state index in [0.717, 1.165) is 10.1 Å². The van der Waals surface area contributed by atoms with Gasteiger partial charge in [-0.15, -0.1) is 5.11 Å². The molecule has 40 heavy (non-hydrogen) atoms. The molecule has 0 bridgehead atoms. The molecular weight excluding hydrogens is 542 g/mol. The van der Waals surface area contributed by atoms with Gasteiger partial charge in [-0.1, -0.05) is 12.1 Å². The summed E-state index contributed by atoms with van der Waals surface area (Å²) in [7, 11) is -0.923. The van der Waals surface area contributed by atoms with E-state index in [4.69, 9.17) is 19.3 Å². The molecule has 0 amide bonds. The highest BCUT2D eigenvalue weighted by atomic mass is 32.2. The molecule has 0 aliphatic heterocycles. The van der Waals surface area contributed by atoms with Crippen LogP contribution in [0.5, 0.6) is 11.6 Å². The molecule has 2 aromatic carbocycles. The Hall–Kier alpha value is -4.13. The first-order chi connectivity index (χ1) is 19.2. The zero-order chi connectivity index (χ0) is 29.1. The fourth-order valence-corrected chi connectivity index (χ4v) is 4.60. The lowest BCUT2D eigenvalue weighted by Gasteiger charge is -2.14. The van der Waals surface area contributed by atoms with Crippen molar-refractivity contribution in [2.45, 2.75) is 24.6 Å². The third kappa shape index (κ3) is 7.50. The van der Waals surface area contributed by atoms with Crippen LogP contribution in [0.15, 0.2) is 68.4 Å². The molecule has 0 aliphatic rings. The van der Waals surface area contributed by atoms with E-state index in [1.54, 1.807) is 31.4 Å². The van der Waals surface area contributed by atoms with Crippen molar-refractivity contribution in [2.24, 2.45) is 10.2 Å². The third-order valence-electron chi connectivity index (χ3n) is 5.65. The Kier molecular flexibility index (Phi) is 10.9. The number of nitriles is 1.